The standard InChI is InChI=1S/C9H16N2OS/c1-9(2,6-12)5-10-3-8-4-13-7-11-8/h4,7,10,12H,3,5-6H2,1-2H3. The fourth-order valence-electron chi connectivity index (χ4n) is 0.910. The maximum atomic E-state index is 9.00. The third-order valence-electron chi connectivity index (χ3n) is 1.82. The Balaban J connectivity index is 2.21. The molecule has 0 aliphatic rings. The van der Waals surface area contributed by atoms with Gasteiger partial charge in [-0.05, 0) is 0 Å². The number of aliphatic hydroxyl groups excluding tert-OH is 1. The topological polar surface area (TPSA) is 45.1 Å². The summed E-state index contributed by atoms with van der Waals surface area (Å²) in [5.41, 5.74) is 2.85. The normalized spacial score (nSPS) is 11.9. The zero-order valence-corrected chi connectivity index (χ0v) is 8.90. The minimum Gasteiger partial charge on any atom is -0.396 e. The molecule has 0 saturated carbocycles. The molecule has 3 nitrogen and oxygen atoms in total. The van der Waals surface area contributed by atoms with Gasteiger partial charge >= 0.3 is 0 Å². The molecular formula is C9H16N2OS. The van der Waals surface area contributed by atoms with Crippen molar-refractivity contribution in [3.05, 3.63) is 16.6 Å². The van der Waals surface area contributed by atoms with Crippen molar-refractivity contribution in [1.29, 1.82) is 0 Å². The Labute approximate surface area is 82.8 Å². The van der Waals surface area contributed by atoms with Crippen molar-refractivity contribution in [2.75, 3.05) is 13.2 Å². The fourth-order valence-corrected chi connectivity index (χ4v) is 1.47. The molecule has 1 aromatic rings. The van der Waals surface area contributed by atoms with Gasteiger partial charge in [0.15, 0.2) is 0 Å². The largest absolute Gasteiger partial charge is 0.396 e. The summed E-state index contributed by atoms with van der Waals surface area (Å²) in [5.74, 6) is 0. The Morgan fingerprint density at radius 2 is 2.38 bits per heavy atom. The summed E-state index contributed by atoms with van der Waals surface area (Å²) in [5, 5.41) is 14.3. The highest BCUT2D eigenvalue weighted by Crippen LogP contribution is 2.11. The van der Waals surface area contributed by atoms with E-state index in [4.69, 9.17) is 5.11 Å². The fraction of sp³-hybridized carbons (Fsp3) is 0.667. The van der Waals surface area contributed by atoms with Crippen LogP contribution >= 0.6 is 11.3 Å². The van der Waals surface area contributed by atoms with E-state index in [1.165, 1.54) is 0 Å². The molecule has 0 bridgehead atoms. The molecule has 4 heteroatoms. The number of aliphatic hydroxyl groups is 1. The van der Waals surface area contributed by atoms with Crippen LogP contribution in [0.4, 0.5) is 0 Å². The van der Waals surface area contributed by atoms with E-state index in [-0.39, 0.29) is 12.0 Å². The molecule has 0 fully saturated rings. The van der Waals surface area contributed by atoms with Crippen LogP contribution in [0.2, 0.25) is 0 Å². The molecule has 0 saturated heterocycles. The molecule has 74 valence electrons. The van der Waals surface area contributed by atoms with Gasteiger partial charge < -0.3 is 10.4 Å². The van der Waals surface area contributed by atoms with Gasteiger partial charge in [0.1, 0.15) is 0 Å². The number of nitrogens with one attached hydrogen (secondary N) is 1. The molecule has 13 heavy (non-hydrogen) atoms. The maximum absolute atomic E-state index is 9.00. The third kappa shape index (κ3) is 3.85. The van der Waals surface area contributed by atoms with Crippen LogP contribution < -0.4 is 5.32 Å². The predicted molar refractivity (Wildman–Crippen MR) is 54.7 cm³/mol. The molecule has 1 rings (SSSR count). The van der Waals surface area contributed by atoms with E-state index in [2.05, 4.69) is 10.3 Å². The smallest absolute Gasteiger partial charge is 0.0795 e. The summed E-state index contributed by atoms with van der Waals surface area (Å²) in [6, 6.07) is 0. The van der Waals surface area contributed by atoms with Crippen molar-refractivity contribution in [1.82, 2.24) is 10.3 Å². The van der Waals surface area contributed by atoms with Gasteiger partial charge in [0.05, 0.1) is 11.2 Å². The molecule has 0 radical (unpaired) electrons. The Morgan fingerprint density at radius 3 is 2.92 bits per heavy atom. The predicted octanol–water partition coefficient (Wildman–Crippen LogP) is 1.25. The van der Waals surface area contributed by atoms with Crippen molar-refractivity contribution in [3.8, 4) is 0 Å². The van der Waals surface area contributed by atoms with Crippen LogP contribution in [0.15, 0.2) is 10.9 Å². The Kier molecular flexibility index (Phi) is 3.84. The highest BCUT2D eigenvalue weighted by Gasteiger charge is 2.15. The minimum atomic E-state index is -0.0456. The van der Waals surface area contributed by atoms with Crippen molar-refractivity contribution in [2.45, 2.75) is 20.4 Å². The quantitative estimate of drug-likeness (QED) is 0.752. The van der Waals surface area contributed by atoms with Crippen LogP contribution in [-0.4, -0.2) is 23.2 Å². The number of thiazole rings is 1. The molecule has 2 N–H and O–H groups in total. The monoisotopic (exact) mass is 200 g/mol. The van der Waals surface area contributed by atoms with Gasteiger partial charge in [-0.15, -0.1) is 11.3 Å². The van der Waals surface area contributed by atoms with Gasteiger partial charge in [0, 0.05) is 30.5 Å². The third-order valence-corrected chi connectivity index (χ3v) is 2.46. The van der Waals surface area contributed by atoms with E-state index in [0.717, 1.165) is 18.8 Å². The van der Waals surface area contributed by atoms with Crippen LogP contribution in [0.25, 0.3) is 0 Å². The van der Waals surface area contributed by atoms with Gasteiger partial charge in [0.25, 0.3) is 0 Å². The van der Waals surface area contributed by atoms with Crippen molar-refractivity contribution in [2.24, 2.45) is 5.41 Å². The molecule has 1 aromatic heterocycles. The second-order valence-electron chi connectivity index (χ2n) is 3.91. The molecule has 0 amide bonds. The average Bonchev–Trinajstić information content (AvgIpc) is 2.57. The van der Waals surface area contributed by atoms with Crippen molar-refractivity contribution >= 4 is 11.3 Å². The highest BCUT2D eigenvalue weighted by atomic mass is 32.1. The van der Waals surface area contributed by atoms with E-state index >= 15 is 0 Å². The summed E-state index contributed by atoms with van der Waals surface area (Å²) in [6.07, 6.45) is 0. The molecular weight excluding hydrogens is 184 g/mol. The number of aromatic nitrogens is 1. The van der Waals surface area contributed by atoms with Gasteiger partial charge in [0.2, 0.25) is 0 Å². The van der Waals surface area contributed by atoms with Crippen LogP contribution in [0.1, 0.15) is 19.5 Å². The SMILES string of the molecule is CC(C)(CO)CNCc1cscn1. The molecule has 0 unspecified atom stereocenters. The lowest BCUT2D eigenvalue weighted by atomic mass is 9.95. The van der Waals surface area contributed by atoms with Crippen molar-refractivity contribution < 1.29 is 5.11 Å². The van der Waals surface area contributed by atoms with Crippen molar-refractivity contribution in [3.63, 3.8) is 0 Å². The first-order valence-electron chi connectivity index (χ1n) is 4.33. The highest BCUT2D eigenvalue weighted by molar-refractivity contribution is 7.07. The summed E-state index contributed by atoms with van der Waals surface area (Å²) >= 11 is 1.60. The molecule has 0 aliphatic heterocycles. The van der Waals surface area contributed by atoms with E-state index in [1.807, 2.05) is 24.7 Å². The number of nitrogens with zero attached hydrogens (tertiary/aromatic N) is 1. The molecule has 0 aromatic carbocycles. The summed E-state index contributed by atoms with van der Waals surface area (Å²) in [7, 11) is 0. The van der Waals surface area contributed by atoms with Gasteiger partial charge in [-0.25, -0.2) is 4.98 Å². The molecule has 0 atom stereocenters. The summed E-state index contributed by atoms with van der Waals surface area (Å²) < 4.78 is 0. The van der Waals surface area contributed by atoms with E-state index in [9.17, 15) is 0 Å². The average molecular weight is 200 g/mol. The van der Waals surface area contributed by atoms with E-state index < -0.39 is 0 Å². The molecule has 0 aliphatic carbocycles. The van der Waals surface area contributed by atoms with E-state index in [0.29, 0.717) is 0 Å². The lowest BCUT2D eigenvalue weighted by Gasteiger charge is -2.21. The summed E-state index contributed by atoms with van der Waals surface area (Å²) in [6.45, 7) is 5.85. The first-order chi connectivity index (χ1) is 6.14. The minimum absolute atomic E-state index is 0.0456. The number of rotatable bonds is 5. The van der Waals surface area contributed by atoms with Gasteiger partial charge in [-0.3, -0.25) is 0 Å². The lowest BCUT2D eigenvalue weighted by Crippen LogP contribution is -2.31. The van der Waals surface area contributed by atoms with Crippen LogP contribution in [0.5, 0.6) is 0 Å². The first-order valence-corrected chi connectivity index (χ1v) is 5.27. The van der Waals surface area contributed by atoms with Gasteiger partial charge in [-0.2, -0.15) is 0 Å². The van der Waals surface area contributed by atoms with E-state index in [1.54, 1.807) is 11.3 Å². The maximum Gasteiger partial charge on any atom is 0.0795 e. The molecule has 1 heterocycles. The Bertz CT molecular complexity index is 234. The number of hydrogen-bond donors (Lipinski definition) is 2. The van der Waals surface area contributed by atoms with Gasteiger partial charge in [-0.1, -0.05) is 13.8 Å². The van der Waals surface area contributed by atoms with Crippen LogP contribution in [-0.2, 0) is 6.54 Å². The zero-order valence-electron chi connectivity index (χ0n) is 8.08. The second-order valence-corrected chi connectivity index (χ2v) is 4.62. The summed E-state index contributed by atoms with van der Waals surface area (Å²) in [4.78, 5) is 4.16. The zero-order chi connectivity index (χ0) is 9.73. The lowest BCUT2D eigenvalue weighted by molar-refractivity contribution is 0.156. The Hall–Kier alpha value is -0.450. The van der Waals surface area contributed by atoms with Crippen LogP contribution in [0.3, 0.4) is 0 Å². The second kappa shape index (κ2) is 4.69. The number of hydrogen-bond acceptors (Lipinski definition) is 4. The van der Waals surface area contributed by atoms with Crippen LogP contribution in [0, 0.1) is 5.41 Å². The molecule has 0 spiro atoms. The first kappa shape index (κ1) is 10.6. The Morgan fingerprint density at radius 1 is 1.62 bits per heavy atom.